The van der Waals surface area contributed by atoms with Crippen LogP contribution in [0.25, 0.3) is 0 Å². The molecule has 20 heavy (non-hydrogen) atoms. The lowest BCUT2D eigenvalue weighted by Crippen LogP contribution is -2.41. The van der Waals surface area contributed by atoms with Gasteiger partial charge in [-0.15, -0.1) is 0 Å². The fourth-order valence-electron chi connectivity index (χ4n) is 3.13. The van der Waals surface area contributed by atoms with Gasteiger partial charge in [-0.25, -0.2) is 0 Å². The molecule has 0 radical (unpaired) electrons. The van der Waals surface area contributed by atoms with Crippen LogP contribution in [0.2, 0.25) is 0 Å². The fraction of sp³-hybridized carbons (Fsp3) is 0.562. The Kier molecular flexibility index (Phi) is 4.21. The predicted octanol–water partition coefficient (Wildman–Crippen LogP) is 2.22. The second-order valence-electron chi connectivity index (χ2n) is 5.47. The molecule has 1 N–H and O–H groups in total. The Morgan fingerprint density at radius 1 is 1.25 bits per heavy atom. The molecule has 3 rings (SSSR count). The minimum atomic E-state index is 0.257. The third-order valence-corrected chi connectivity index (χ3v) is 4.12. The van der Waals surface area contributed by atoms with E-state index >= 15 is 0 Å². The lowest BCUT2D eigenvalue weighted by atomic mass is 10.0. The van der Waals surface area contributed by atoms with E-state index in [9.17, 15) is 0 Å². The zero-order valence-electron chi connectivity index (χ0n) is 12.1. The standard InChI is InChI=1S/C16H23N3O/c1-20-14-7-5-6-13(12-14)15(16-17-8-9-18-16)19-10-3-2-4-11-19/h5-7,12,15H,2-4,8-11H2,1H3,(H,17,18). The average Bonchev–Trinajstić information content (AvgIpc) is 3.03. The molecule has 0 amide bonds. The number of amidine groups is 1. The summed E-state index contributed by atoms with van der Waals surface area (Å²) in [7, 11) is 1.72. The van der Waals surface area contributed by atoms with Crippen LogP contribution >= 0.6 is 0 Å². The van der Waals surface area contributed by atoms with E-state index in [1.54, 1.807) is 7.11 Å². The number of ether oxygens (including phenoxy) is 1. The lowest BCUT2D eigenvalue weighted by molar-refractivity contribution is 0.200. The van der Waals surface area contributed by atoms with E-state index in [1.807, 2.05) is 6.07 Å². The normalized spacial score (nSPS) is 21.1. The summed E-state index contributed by atoms with van der Waals surface area (Å²) in [5.74, 6) is 2.04. The number of aliphatic imine (C=N–C) groups is 1. The van der Waals surface area contributed by atoms with Gasteiger partial charge in [0.1, 0.15) is 11.6 Å². The molecule has 2 aliphatic rings. The van der Waals surface area contributed by atoms with E-state index in [1.165, 1.54) is 24.8 Å². The molecule has 0 aliphatic carbocycles. The zero-order valence-corrected chi connectivity index (χ0v) is 12.1. The van der Waals surface area contributed by atoms with E-state index in [4.69, 9.17) is 4.74 Å². The van der Waals surface area contributed by atoms with Gasteiger partial charge in [0.25, 0.3) is 0 Å². The third-order valence-electron chi connectivity index (χ3n) is 4.12. The maximum absolute atomic E-state index is 5.38. The van der Waals surface area contributed by atoms with E-state index in [-0.39, 0.29) is 6.04 Å². The van der Waals surface area contributed by atoms with Crippen molar-refractivity contribution in [3.8, 4) is 5.75 Å². The van der Waals surface area contributed by atoms with Crippen molar-refractivity contribution in [1.82, 2.24) is 10.2 Å². The third kappa shape index (κ3) is 2.80. The second kappa shape index (κ2) is 6.27. The number of hydrogen-bond acceptors (Lipinski definition) is 4. The van der Waals surface area contributed by atoms with Crippen LogP contribution in [0.1, 0.15) is 30.9 Å². The van der Waals surface area contributed by atoms with Crippen LogP contribution in [-0.4, -0.2) is 44.0 Å². The quantitative estimate of drug-likeness (QED) is 0.914. The van der Waals surface area contributed by atoms with E-state index in [0.29, 0.717) is 0 Å². The second-order valence-corrected chi connectivity index (χ2v) is 5.47. The Morgan fingerprint density at radius 2 is 2.10 bits per heavy atom. The maximum atomic E-state index is 5.38. The van der Waals surface area contributed by atoms with Gasteiger partial charge in [0.05, 0.1) is 19.7 Å². The van der Waals surface area contributed by atoms with Gasteiger partial charge < -0.3 is 10.1 Å². The summed E-state index contributed by atoms with van der Waals surface area (Å²) in [6.45, 7) is 4.17. The van der Waals surface area contributed by atoms with E-state index in [0.717, 1.165) is 37.8 Å². The largest absolute Gasteiger partial charge is 0.497 e. The first-order valence-corrected chi connectivity index (χ1v) is 7.55. The molecular formula is C16H23N3O. The van der Waals surface area contributed by atoms with Crippen LogP contribution in [0.4, 0.5) is 0 Å². The molecule has 1 aromatic carbocycles. The maximum Gasteiger partial charge on any atom is 0.119 e. The molecule has 108 valence electrons. The van der Waals surface area contributed by atoms with Crippen molar-refractivity contribution in [3.63, 3.8) is 0 Å². The zero-order chi connectivity index (χ0) is 13.8. The van der Waals surface area contributed by atoms with Crippen molar-refractivity contribution in [2.45, 2.75) is 25.3 Å². The molecule has 0 saturated carbocycles. The van der Waals surface area contributed by atoms with Crippen molar-refractivity contribution in [3.05, 3.63) is 29.8 Å². The van der Waals surface area contributed by atoms with Crippen LogP contribution in [-0.2, 0) is 0 Å². The summed E-state index contributed by atoms with van der Waals surface area (Å²) in [5.41, 5.74) is 1.28. The van der Waals surface area contributed by atoms with Gasteiger partial charge in [-0.05, 0) is 43.6 Å². The number of likely N-dealkylation sites (tertiary alicyclic amines) is 1. The summed E-state index contributed by atoms with van der Waals surface area (Å²) in [4.78, 5) is 7.22. The minimum absolute atomic E-state index is 0.257. The summed E-state index contributed by atoms with van der Waals surface area (Å²) >= 11 is 0. The van der Waals surface area contributed by atoms with Gasteiger partial charge >= 0.3 is 0 Å². The number of hydrogen-bond donors (Lipinski definition) is 1. The highest BCUT2D eigenvalue weighted by molar-refractivity contribution is 5.89. The predicted molar refractivity (Wildman–Crippen MR) is 81.5 cm³/mol. The number of nitrogens with zero attached hydrogens (tertiary/aromatic N) is 2. The van der Waals surface area contributed by atoms with Gasteiger partial charge in [0.15, 0.2) is 0 Å². The molecule has 1 fully saturated rings. The Labute approximate surface area is 120 Å². The van der Waals surface area contributed by atoms with Gasteiger partial charge in [-0.1, -0.05) is 18.6 Å². The highest BCUT2D eigenvalue weighted by Crippen LogP contribution is 2.28. The molecule has 2 heterocycles. The average molecular weight is 273 g/mol. The number of nitrogens with one attached hydrogen (secondary N) is 1. The summed E-state index contributed by atoms with van der Waals surface area (Å²) in [6, 6.07) is 8.65. The molecule has 0 spiro atoms. The highest BCUT2D eigenvalue weighted by atomic mass is 16.5. The molecule has 0 bridgehead atoms. The Bertz CT molecular complexity index is 480. The molecule has 1 aromatic rings. The molecule has 2 aliphatic heterocycles. The van der Waals surface area contributed by atoms with Crippen LogP contribution in [0.5, 0.6) is 5.75 Å². The SMILES string of the molecule is COc1cccc(C(C2=NCCN2)N2CCCCC2)c1. The smallest absolute Gasteiger partial charge is 0.119 e. The molecule has 1 unspecified atom stereocenters. The van der Waals surface area contributed by atoms with Crippen LogP contribution < -0.4 is 10.1 Å². The van der Waals surface area contributed by atoms with Gasteiger partial charge in [-0.3, -0.25) is 9.89 Å². The first kappa shape index (κ1) is 13.4. The number of piperidine rings is 1. The summed E-state index contributed by atoms with van der Waals surface area (Å²) in [5, 5.41) is 3.46. The monoisotopic (exact) mass is 273 g/mol. The van der Waals surface area contributed by atoms with Crippen molar-refractivity contribution < 1.29 is 4.74 Å². The van der Waals surface area contributed by atoms with Crippen molar-refractivity contribution in [1.29, 1.82) is 0 Å². The Morgan fingerprint density at radius 3 is 2.80 bits per heavy atom. The Hall–Kier alpha value is -1.55. The molecule has 0 aromatic heterocycles. The van der Waals surface area contributed by atoms with Crippen molar-refractivity contribution in [2.75, 3.05) is 33.3 Å². The van der Waals surface area contributed by atoms with Crippen LogP contribution in [0, 0.1) is 0 Å². The molecule has 4 nitrogen and oxygen atoms in total. The van der Waals surface area contributed by atoms with Crippen LogP contribution in [0.3, 0.4) is 0 Å². The van der Waals surface area contributed by atoms with Crippen molar-refractivity contribution in [2.24, 2.45) is 4.99 Å². The van der Waals surface area contributed by atoms with Gasteiger partial charge in [0.2, 0.25) is 0 Å². The first-order valence-electron chi connectivity index (χ1n) is 7.55. The van der Waals surface area contributed by atoms with Crippen molar-refractivity contribution >= 4 is 5.84 Å². The fourth-order valence-corrected chi connectivity index (χ4v) is 3.13. The van der Waals surface area contributed by atoms with E-state index < -0.39 is 0 Å². The number of benzene rings is 1. The summed E-state index contributed by atoms with van der Waals surface area (Å²) < 4.78 is 5.38. The van der Waals surface area contributed by atoms with Gasteiger partial charge in [0, 0.05) is 6.54 Å². The van der Waals surface area contributed by atoms with Gasteiger partial charge in [-0.2, -0.15) is 0 Å². The lowest BCUT2D eigenvalue weighted by Gasteiger charge is -2.35. The Balaban J connectivity index is 1.90. The topological polar surface area (TPSA) is 36.9 Å². The molecule has 1 atom stereocenters. The summed E-state index contributed by atoms with van der Waals surface area (Å²) in [6.07, 6.45) is 3.92. The minimum Gasteiger partial charge on any atom is -0.497 e. The molecule has 1 saturated heterocycles. The van der Waals surface area contributed by atoms with E-state index in [2.05, 4.69) is 33.4 Å². The number of methoxy groups -OCH3 is 1. The number of rotatable bonds is 4. The van der Waals surface area contributed by atoms with Crippen LogP contribution in [0.15, 0.2) is 29.3 Å². The highest BCUT2D eigenvalue weighted by Gasteiger charge is 2.28. The molecular weight excluding hydrogens is 250 g/mol. The molecule has 4 heteroatoms. The first-order chi connectivity index (χ1) is 9.88.